The molecule has 0 aliphatic carbocycles. The van der Waals surface area contributed by atoms with Gasteiger partial charge in [-0.25, -0.2) is 0 Å². The van der Waals surface area contributed by atoms with Crippen LogP contribution < -0.4 is 0 Å². The highest BCUT2D eigenvalue weighted by molar-refractivity contribution is 5.26. The predicted octanol–water partition coefficient (Wildman–Crippen LogP) is 2.17. The normalized spacial score (nSPS) is 17.0. The first-order chi connectivity index (χ1) is 5.88. The summed E-state index contributed by atoms with van der Waals surface area (Å²) in [6.07, 6.45) is 6.93. The Bertz CT molecular complexity index is 236. The second-order valence-corrected chi connectivity index (χ2v) is 2.22. The second kappa shape index (κ2) is 4.44. The van der Waals surface area contributed by atoms with E-state index in [-0.39, 0.29) is 0 Å². The molecule has 1 aliphatic heterocycles. The lowest BCUT2D eigenvalue weighted by atomic mass is 10.3. The Balaban J connectivity index is 2.79. The molecule has 1 aliphatic rings. The van der Waals surface area contributed by atoms with Gasteiger partial charge in [-0.05, 0) is 12.2 Å². The Morgan fingerprint density at radius 1 is 1.08 bits per heavy atom. The maximum atomic E-state index is 5.33. The fraction of sp³-hybridized carbons (Fsp3) is 0.200. The Morgan fingerprint density at radius 2 is 1.75 bits per heavy atom. The average Bonchev–Trinajstić information content (AvgIpc) is 2.15. The molecule has 0 saturated carbocycles. The van der Waals surface area contributed by atoms with E-state index in [0.29, 0.717) is 19.0 Å². The van der Waals surface area contributed by atoms with Crippen molar-refractivity contribution in [1.82, 2.24) is 0 Å². The molecular weight excluding hydrogens is 152 g/mol. The quantitative estimate of drug-likeness (QED) is 0.595. The van der Waals surface area contributed by atoms with Crippen LogP contribution in [0.3, 0.4) is 0 Å². The van der Waals surface area contributed by atoms with Crippen LogP contribution in [0.5, 0.6) is 0 Å². The smallest absolute Gasteiger partial charge is 0.161 e. The fourth-order valence-electron chi connectivity index (χ4n) is 0.891. The van der Waals surface area contributed by atoms with Crippen molar-refractivity contribution in [2.75, 3.05) is 13.2 Å². The Kier molecular flexibility index (Phi) is 3.20. The number of ether oxygens (including phenoxy) is 2. The molecule has 0 atom stereocenters. The SMILES string of the molecule is C=C/C=C\C1=C(C=C)OCCO1. The third-order valence-electron chi connectivity index (χ3n) is 1.41. The zero-order valence-electron chi connectivity index (χ0n) is 6.95. The van der Waals surface area contributed by atoms with E-state index in [1.807, 2.05) is 6.08 Å². The van der Waals surface area contributed by atoms with Gasteiger partial charge in [0.15, 0.2) is 11.5 Å². The highest BCUT2D eigenvalue weighted by atomic mass is 16.6. The van der Waals surface area contributed by atoms with Gasteiger partial charge < -0.3 is 9.47 Å². The zero-order chi connectivity index (χ0) is 8.81. The van der Waals surface area contributed by atoms with Crippen LogP contribution in [0.15, 0.2) is 49.0 Å². The van der Waals surface area contributed by atoms with Crippen LogP contribution in [0, 0.1) is 0 Å². The van der Waals surface area contributed by atoms with Crippen molar-refractivity contribution in [3.05, 3.63) is 49.0 Å². The Morgan fingerprint density at radius 3 is 2.33 bits per heavy atom. The molecule has 0 amide bonds. The van der Waals surface area contributed by atoms with E-state index in [1.54, 1.807) is 18.2 Å². The maximum Gasteiger partial charge on any atom is 0.161 e. The minimum Gasteiger partial charge on any atom is -0.486 e. The van der Waals surface area contributed by atoms with E-state index < -0.39 is 0 Å². The summed E-state index contributed by atoms with van der Waals surface area (Å²) in [4.78, 5) is 0. The third kappa shape index (κ3) is 2.02. The lowest BCUT2D eigenvalue weighted by molar-refractivity contribution is 0.0770. The minimum absolute atomic E-state index is 0.590. The zero-order valence-corrected chi connectivity index (χ0v) is 6.95. The highest BCUT2D eigenvalue weighted by Gasteiger charge is 2.08. The van der Waals surface area contributed by atoms with E-state index in [4.69, 9.17) is 9.47 Å². The van der Waals surface area contributed by atoms with Crippen molar-refractivity contribution >= 4 is 0 Å². The summed E-state index contributed by atoms with van der Waals surface area (Å²) in [6.45, 7) is 8.37. The third-order valence-corrected chi connectivity index (χ3v) is 1.41. The molecule has 0 N–H and O–H groups in total. The molecule has 2 heteroatoms. The van der Waals surface area contributed by atoms with Crippen LogP contribution in [0.4, 0.5) is 0 Å². The summed E-state index contributed by atoms with van der Waals surface area (Å²) in [5.74, 6) is 1.41. The van der Waals surface area contributed by atoms with Gasteiger partial charge in [0.25, 0.3) is 0 Å². The van der Waals surface area contributed by atoms with Crippen molar-refractivity contribution < 1.29 is 9.47 Å². The van der Waals surface area contributed by atoms with Crippen LogP contribution >= 0.6 is 0 Å². The van der Waals surface area contributed by atoms with E-state index in [0.717, 1.165) is 5.76 Å². The monoisotopic (exact) mass is 164 g/mol. The lowest BCUT2D eigenvalue weighted by Gasteiger charge is -2.17. The Labute approximate surface area is 72.5 Å². The molecule has 12 heavy (non-hydrogen) atoms. The molecule has 0 fully saturated rings. The van der Waals surface area contributed by atoms with E-state index in [9.17, 15) is 0 Å². The Hall–Kier alpha value is -1.44. The molecule has 0 aromatic rings. The summed E-state index contributed by atoms with van der Waals surface area (Å²) in [7, 11) is 0. The van der Waals surface area contributed by atoms with Crippen molar-refractivity contribution in [1.29, 1.82) is 0 Å². The molecule has 2 nitrogen and oxygen atoms in total. The number of hydrogen-bond acceptors (Lipinski definition) is 2. The molecule has 0 aromatic heterocycles. The van der Waals surface area contributed by atoms with E-state index in [1.165, 1.54) is 0 Å². The maximum absolute atomic E-state index is 5.33. The van der Waals surface area contributed by atoms with E-state index in [2.05, 4.69) is 13.2 Å². The molecular formula is C10H12O2. The molecule has 1 heterocycles. The first-order valence-corrected chi connectivity index (χ1v) is 3.80. The van der Waals surface area contributed by atoms with E-state index >= 15 is 0 Å². The molecule has 64 valence electrons. The summed E-state index contributed by atoms with van der Waals surface area (Å²) < 4.78 is 10.6. The van der Waals surface area contributed by atoms with Gasteiger partial charge in [0.05, 0.1) is 0 Å². The van der Waals surface area contributed by atoms with Gasteiger partial charge in [0, 0.05) is 0 Å². The van der Waals surface area contributed by atoms with Gasteiger partial charge in [-0.15, -0.1) is 0 Å². The van der Waals surface area contributed by atoms with Crippen molar-refractivity contribution in [2.45, 2.75) is 0 Å². The minimum atomic E-state index is 0.590. The standard InChI is InChI=1S/C10H12O2/c1-3-5-6-10-9(4-2)11-7-8-12-10/h3-6H,1-2,7-8H2/b6-5-. The molecule has 0 unspecified atom stereocenters. The number of hydrogen-bond donors (Lipinski definition) is 0. The molecule has 0 spiro atoms. The number of rotatable bonds is 3. The topological polar surface area (TPSA) is 18.5 Å². The van der Waals surface area contributed by atoms with Gasteiger partial charge in [-0.3, -0.25) is 0 Å². The van der Waals surface area contributed by atoms with Gasteiger partial charge >= 0.3 is 0 Å². The molecule has 0 aromatic carbocycles. The molecule has 1 rings (SSSR count). The average molecular weight is 164 g/mol. The van der Waals surface area contributed by atoms with Crippen molar-refractivity contribution in [3.8, 4) is 0 Å². The first kappa shape index (κ1) is 8.65. The molecule has 0 bridgehead atoms. The van der Waals surface area contributed by atoms with Crippen LogP contribution in [-0.2, 0) is 9.47 Å². The van der Waals surface area contributed by atoms with Crippen LogP contribution in [0.25, 0.3) is 0 Å². The fourth-order valence-corrected chi connectivity index (χ4v) is 0.891. The van der Waals surface area contributed by atoms with Crippen molar-refractivity contribution in [3.63, 3.8) is 0 Å². The van der Waals surface area contributed by atoms with Gasteiger partial charge in [0.2, 0.25) is 0 Å². The van der Waals surface area contributed by atoms with Gasteiger partial charge in [-0.2, -0.15) is 0 Å². The summed E-state index contributed by atoms with van der Waals surface area (Å²) in [6, 6.07) is 0. The number of allylic oxidation sites excluding steroid dienone is 4. The largest absolute Gasteiger partial charge is 0.486 e. The lowest BCUT2D eigenvalue weighted by Crippen LogP contribution is -2.11. The summed E-state index contributed by atoms with van der Waals surface area (Å²) in [5.41, 5.74) is 0. The first-order valence-electron chi connectivity index (χ1n) is 3.80. The van der Waals surface area contributed by atoms with Crippen molar-refractivity contribution in [2.24, 2.45) is 0 Å². The van der Waals surface area contributed by atoms with Gasteiger partial charge in [0.1, 0.15) is 13.2 Å². The van der Waals surface area contributed by atoms with Crippen LogP contribution in [0.2, 0.25) is 0 Å². The van der Waals surface area contributed by atoms with Gasteiger partial charge in [-0.1, -0.05) is 25.3 Å². The summed E-state index contributed by atoms with van der Waals surface area (Å²) >= 11 is 0. The highest BCUT2D eigenvalue weighted by Crippen LogP contribution is 2.15. The molecule has 0 radical (unpaired) electrons. The molecule has 0 saturated heterocycles. The second-order valence-electron chi connectivity index (χ2n) is 2.22. The summed E-state index contributed by atoms with van der Waals surface area (Å²) in [5, 5.41) is 0. The predicted molar refractivity (Wildman–Crippen MR) is 48.5 cm³/mol. The van der Waals surface area contributed by atoms with Crippen LogP contribution in [-0.4, -0.2) is 13.2 Å². The van der Waals surface area contributed by atoms with Crippen LogP contribution in [0.1, 0.15) is 0 Å².